The quantitative estimate of drug-likeness (QED) is 0.479. The van der Waals surface area contributed by atoms with E-state index in [9.17, 15) is 14.0 Å². The van der Waals surface area contributed by atoms with E-state index in [0.29, 0.717) is 12.2 Å². The molecule has 1 atom stereocenters. The SMILES string of the molecule is CNC(=O)[C@@H](Cc1ccccc1)N(Cc1ccc(F)cc1)C(=O)COc1ccccc1C(C)(C)C. The van der Waals surface area contributed by atoms with Crippen molar-refractivity contribution in [1.29, 1.82) is 0 Å². The van der Waals surface area contributed by atoms with Gasteiger partial charge in [0.1, 0.15) is 17.6 Å². The number of rotatable bonds is 9. The van der Waals surface area contributed by atoms with Gasteiger partial charge in [-0.25, -0.2) is 4.39 Å². The topological polar surface area (TPSA) is 58.6 Å². The minimum Gasteiger partial charge on any atom is -0.483 e. The van der Waals surface area contributed by atoms with E-state index in [-0.39, 0.29) is 36.2 Å². The number of nitrogens with zero attached hydrogens (tertiary/aromatic N) is 1. The van der Waals surface area contributed by atoms with Gasteiger partial charge in [0.15, 0.2) is 6.61 Å². The molecule has 3 aromatic rings. The average molecular weight is 477 g/mol. The van der Waals surface area contributed by atoms with Crippen LogP contribution >= 0.6 is 0 Å². The van der Waals surface area contributed by atoms with Crippen LogP contribution in [-0.4, -0.2) is 36.4 Å². The number of carbonyl (C=O) groups is 2. The molecular weight excluding hydrogens is 443 g/mol. The molecule has 0 saturated heterocycles. The molecule has 0 aliphatic rings. The number of para-hydroxylation sites is 1. The van der Waals surface area contributed by atoms with Crippen molar-refractivity contribution < 1.29 is 18.7 Å². The third-order valence-electron chi connectivity index (χ3n) is 5.83. The zero-order valence-electron chi connectivity index (χ0n) is 20.8. The van der Waals surface area contributed by atoms with E-state index in [0.717, 1.165) is 16.7 Å². The van der Waals surface area contributed by atoms with Gasteiger partial charge in [-0.1, -0.05) is 81.4 Å². The molecule has 0 fully saturated rings. The van der Waals surface area contributed by atoms with Crippen LogP contribution in [-0.2, 0) is 28.0 Å². The number of benzene rings is 3. The van der Waals surface area contributed by atoms with Gasteiger partial charge < -0.3 is 15.0 Å². The Labute approximate surface area is 206 Å². The van der Waals surface area contributed by atoms with E-state index in [1.54, 1.807) is 19.2 Å². The molecule has 0 aromatic heterocycles. The molecule has 3 rings (SSSR count). The second-order valence-electron chi connectivity index (χ2n) is 9.50. The Kier molecular flexibility index (Phi) is 8.63. The van der Waals surface area contributed by atoms with E-state index in [1.165, 1.54) is 17.0 Å². The molecule has 3 aromatic carbocycles. The summed E-state index contributed by atoms with van der Waals surface area (Å²) < 4.78 is 19.5. The van der Waals surface area contributed by atoms with Crippen LogP contribution in [0.2, 0.25) is 0 Å². The fourth-order valence-corrected chi connectivity index (χ4v) is 3.94. The zero-order chi connectivity index (χ0) is 25.4. The van der Waals surface area contributed by atoms with Crippen molar-refractivity contribution in [3.63, 3.8) is 0 Å². The number of hydrogen-bond donors (Lipinski definition) is 1. The summed E-state index contributed by atoms with van der Waals surface area (Å²) in [4.78, 5) is 28.0. The van der Waals surface area contributed by atoms with Crippen molar-refractivity contribution in [3.05, 3.63) is 101 Å². The number of nitrogens with one attached hydrogen (secondary N) is 1. The molecule has 184 valence electrons. The maximum Gasteiger partial charge on any atom is 0.261 e. The average Bonchev–Trinajstić information content (AvgIpc) is 2.85. The Hall–Kier alpha value is -3.67. The number of amides is 2. The molecule has 1 N–H and O–H groups in total. The predicted octanol–water partition coefficient (Wildman–Crippen LogP) is 4.89. The maximum atomic E-state index is 13.5. The lowest BCUT2D eigenvalue weighted by molar-refractivity contribution is -0.142. The number of halogens is 1. The molecule has 0 heterocycles. The summed E-state index contributed by atoms with van der Waals surface area (Å²) >= 11 is 0. The number of likely N-dealkylation sites (N-methyl/N-ethyl adjacent to an activating group) is 1. The number of carbonyl (C=O) groups excluding carboxylic acids is 2. The molecule has 0 radical (unpaired) electrons. The van der Waals surface area contributed by atoms with Crippen molar-refractivity contribution in [3.8, 4) is 5.75 Å². The first kappa shape index (κ1) is 25.9. The summed E-state index contributed by atoms with van der Waals surface area (Å²) in [7, 11) is 1.55. The lowest BCUT2D eigenvalue weighted by atomic mass is 9.86. The Morgan fingerprint density at radius 1 is 0.914 bits per heavy atom. The summed E-state index contributed by atoms with van der Waals surface area (Å²) in [6.07, 6.45) is 0.339. The van der Waals surface area contributed by atoms with Crippen LogP contribution in [0.15, 0.2) is 78.9 Å². The molecule has 0 aliphatic carbocycles. The van der Waals surface area contributed by atoms with E-state index in [1.807, 2.05) is 54.6 Å². The van der Waals surface area contributed by atoms with Gasteiger partial charge in [0.2, 0.25) is 5.91 Å². The van der Waals surface area contributed by atoms with Gasteiger partial charge in [0, 0.05) is 20.0 Å². The Bertz CT molecular complexity index is 1120. The highest BCUT2D eigenvalue weighted by Crippen LogP contribution is 2.31. The molecular formula is C29H33FN2O3. The minimum absolute atomic E-state index is 0.147. The monoisotopic (exact) mass is 476 g/mol. The standard InChI is InChI=1S/C29H33FN2O3/c1-29(2,3)24-12-8-9-13-26(24)35-20-27(33)32(19-22-14-16-23(30)17-15-22)25(28(34)31-4)18-21-10-6-5-7-11-21/h5-17,25H,18-20H2,1-4H3,(H,31,34)/t25-/m1/s1. The molecule has 0 spiro atoms. The van der Waals surface area contributed by atoms with Crippen molar-refractivity contribution in [1.82, 2.24) is 10.2 Å². The molecule has 0 aliphatic heterocycles. The molecule has 6 heteroatoms. The van der Waals surface area contributed by atoms with E-state index < -0.39 is 6.04 Å². The van der Waals surface area contributed by atoms with Crippen LogP contribution < -0.4 is 10.1 Å². The van der Waals surface area contributed by atoms with Gasteiger partial charge in [0.05, 0.1) is 0 Å². The van der Waals surface area contributed by atoms with Gasteiger partial charge in [0.25, 0.3) is 5.91 Å². The lowest BCUT2D eigenvalue weighted by Gasteiger charge is -2.31. The lowest BCUT2D eigenvalue weighted by Crippen LogP contribution is -2.51. The fraction of sp³-hybridized carbons (Fsp3) is 0.310. The van der Waals surface area contributed by atoms with Crippen LogP contribution in [0.4, 0.5) is 4.39 Å². The summed E-state index contributed by atoms with van der Waals surface area (Å²) in [6, 6.07) is 22.4. The van der Waals surface area contributed by atoms with Gasteiger partial charge in [-0.2, -0.15) is 0 Å². The van der Waals surface area contributed by atoms with Gasteiger partial charge in [-0.15, -0.1) is 0 Å². The maximum absolute atomic E-state index is 13.5. The number of ether oxygens (including phenoxy) is 1. The van der Waals surface area contributed by atoms with Crippen LogP contribution in [0.3, 0.4) is 0 Å². The highest BCUT2D eigenvalue weighted by atomic mass is 19.1. The fourth-order valence-electron chi connectivity index (χ4n) is 3.94. The Balaban J connectivity index is 1.90. The highest BCUT2D eigenvalue weighted by molar-refractivity contribution is 5.88. The summed E-state index contributed by atoms with van der Waals surface area (Å²) in [5.41, 5.74) is 2.48. The van der Waals surface area contributed by atoms with E-state index in [4.69, 9.17) is 4.74 Å². The van der Waals surface area contributed by atoms with Gasteiger partial charge >= 0.3 is 0 Å². The van der Waals surface area contributed by atoms with Gasteiger partial charge in [-0.05, 0) is 40.3 Å². The normalized spacial score (nSPS) is 12.0. The Morgan fingerprint density at radius 3 is 2.17 bits per heavy atom. The molecule has 35 heavy (non-hydrogen) atoms. The van der Waals surface area contributed by atoms with Crippen LogP contribution in [0.5, 0.6) is 5.75 Å². The van der Waals surface area contributed by atoms with Crippen molar-refractivity contribution in [2.24, 2.45) is 0 Å². The smallest absolute Gasteiger partial charge is 0.261 e. The predicted molar refractivity (Wildman–Crippen MR) is 136 cm³/mol. The Morgan fingerprint density at radius 2 is 1.54 bits per heavy atom. The second-order valence-corrected chi connectivity index (χ2v) is 9.50. The number of hydrogen-bond acceptors (Lipinski definition) is 3. The first-order valence-corrected chi connectivity index (χ1v) is 11.7. The second kappa shape index (κ2) is 11.6. The van der Waals surface area contributed by atoms with Crippen LogP contribution in [0.1, 0.15) is 37.5 Å². The van der Waals surface area contributed by atoms with E-state index in [2.05, 4.69) is 26.1 Å². The van der Waals surface area contributed by atoms with Crippen molar-refractivity contribution in [2.75, 3.05) is 13.7 Å². The first-order valence-electron chi connectivity index (χ1n) is 11.7. The van der Waals surface area contributed by atoms with Crippen LogP contribution in [0.25, 0.3) is 0 Å². The third kappa shape index (κ3) is 7.15. The molecule has 0 unspecified atom stereocenters. The van der Waals surface area contributed by atoms with Crippen molar-refractivity contribution in [2.45, 2.75) is 45.2 Å². The zero-order valence-corrected chi connectivity index (χ0v) is 20.8. The summed E-state index contributed by atoms with van der Waals surface area (Å²) in [5, 5.41) is 2.68. The van der Waals surface area contributed by atoms with E-state index >= 15 is 0 Å². The highest BCUT2D eigenvalue weighted by Gasteiger charge is 2.30. The first-order chi connectivity index (χ1) is 16.7. The van der Waals surface area contributed by atoms with Crippen LogP contribution in [0, 0.1) is 5.82 Å². The molecule has 2 amide bonds. The largest absolute Gasteiger partial charge is 0.483 e. The third-order valence-corrected chi connectivity index (χ3v) is 5.83. The molecule has 0 saturated carbocycles. The summed E-state index contributed by atoms with van der Waals surface area (Å²) in [5.74, 6) is -0.336. The molecule has 5 nitrogen and oxygen atoms in total. The van der Waals surface area contributed by atoms with Gasteiger partial charge in [-0.3, -0.25) is 9.59 Å². The van der Waals surface area contributed by atoms with Crippen molar-refractivity contribution >= 4 is 11.8 Å². The minimum atomic E-state index is -0.763. The summed E-state index contributed by atoms with van der Waals surface area (Å²) in [6.45, 7) is 6.17. The molecule has 0 bridgehead atoms.